The largest absolute Gasteiger partial charge is 0.481 e. The minimum absolute atomic E-state index is 0.256. The normalized spacial score (nSPS) is 26.4. The molecule has 3 atom stereocenters. The second-order valence-corrected chi connectivity index (χ2v) is 14.5. The third-order valence-electron chi connectivity index (χ3n) is 9.48. The van der Waals surface area contributed by atoms with Crippen molar-refractivity contribution in [1.29, 1.82) is 0 Å². The molecule has 0 heterocycles. The number of hydrogen-bond donors (Lipinski definition) is 1. The van der Waals surface area contributed by atoms with Crippen LogP contribution in [0.3, 0.4) is 0 Å². The van der Waals surface area contributed by atoms with Crippen molar-refractivity contribution in [3.05, 3.63) is 83.9 Å². The van der Waals surface area contributed by atoms with Crippen LogP contribution >= 0.6 is 10.9 Å². The highest BCUT2D eigenvalue weighted by Gasteiger charge is 2.57. The Morgan fingerprint density at radius 2 is 1.34 bits per heavy atom. The number of carbonyl (C=O) groups excluding carboxylic acids is 2. The Morgan fingerprint density at radius 1 is 0.780 bits per heavy atom. The Morgan fingerprint density at radius 3 is 1.90 bits per heavy atom. The first kappa shape index (κ1) is 27.9. The van der Waals surface area contributed by atoms with Crippen LogP contribution in [-0.4, -0.2) is 30.8 Å². The summed E-state index contributed by atoms with van der Waals surface area (Å²) >= 11 is 0. The van der Waals surface area contributed by atoms with E-state index in [4.69, 9.17) is 14.2 Å². The van der Waals surface area contributed by atoms with Gasteiger partial charge in [0.15, 0.2) is 13.2 Å². The molecule has 3 aromatic carbocycles. The van der Waals surface area contributed by atoms with Crippen LogP contribution in [0.25, 0.3) is 0 Å². The SMILES string of the molecule is Cc1cc([SH](c2ccccc2)c2ccccc2)cc(C)c1OCC(=O)OCC(=O)OC12CC3CC(CC(C3)C1C)C2. The molecule has 4 aliphatic rings. The quantitative estimate of drug-likeness (QED) is 0.213. The molecule has 216 valence electrons. The molecule has 0 amide bonds. The van der Waals surface area contributed by atoms with E-state index in [1.165, 1.54) is 33.9 Å². The zero-order valence-electron chi connectivity index (χ0n) is 24.2. The van der Waals surface area contributed by atoms with E-state index < -0.39 is 22.8 Å². The highest BCUT2D eigenvalue weighted by Crippen LogP contribution is 2.60. The van der Waals surface area contributed by atoms with Crippen molar-refractivity contribution in [2.24, 2.45) is 23.7 Å². The Hall–Kier alpha value is -3.25. The molecule has 3 aromatic rings. The zero-order valence-corrected chi connectivity index (χ0v) is 25.1. The standard InChI is InChI=1S/C35H40O5S/c1-23-14-31(41(29-10-6-4-7-11-29)30-12-8-5-9-13-30)15-24(2)34(23)39-21-32(36)38-22-33(37)40-35-19-26-16-27(20-35)18-28(17-26)25(35)3/h4-15,25-28,41H,16-22H2,1-3H3. The third-order valence-corrected chi connectivity index (χ3v) is 11.9. The van der Waals surface area contributed by atoms with Gasteiger partial charge in [0, 0.05) is 0 Å². The maximum atomic E-state index is 12.8. The summed E-state index contributed by atoms with van der Waals surface area (Å²) in [5, 5.41) is 0. The second-order valence-electron chi connectivity index (χ2n) is 12.3. The van der Waals surface area contributed by atoms with Gasteiger partial charge in [-0.05, 0) is 132 Å². The molecule has 0 aliphatic heterocycles. The van der Waals surface area contributed by atoms with Crippen LogP contribution in [0.5, 0.6) is 5.75 Å². The fourth-order valence-electron chi connectivity index (χ4n) is 7.85. The van der Waals surface area contributed by atoms with Crippen LogP contribution < -0.4 is 4.74 Å². The van der Waals surface area contributed by atoms with E-state index in [1.807, 2.05) is 26.0 Å². The average molecular weight is 573 g/mol. The molecule has 5 nitrogen and oxygen atoms in total. The van der Waals surface area contributed by atoms with Gasteiger partial charge in [-0.2, -0.15) is 10.9 Å². The minimum Gasteiger partial charge on any atom is -0.481 e. The molecule has 0 spiro atoms. The molecular formula is C35H40O5S. The van der Waals surface area contributed by atoms with Gasteiger partial charge in [-0.25, -0.2) is 9.59 Å². The first-order chi connectivity index (χ1) is 19.8. The lowest BCUT2D eigenvalue weighted by molar-refractivity contribution is -0.209. The van der Waals surface area contributed by atoms with Gasteiger partial charge in [0.05, 0.1) is 0 Å². The molecule has 4 aliphatic carbocycles. The first-order valence-electron chi connectivity index (χ1n) is 14.8. The number of carbonyl (C=O) groups is 2. The summed E-state index contributed by atoms with van der Waals surface area (Å²) in [6.45, 7) is 5.62. The minimum atomic E-state index is -0.740. The van der Waals surface area contributed by atoms with Gasteiger partial charge in [-0.1, -0.05) is 43.3 Å². The summed E-state index contributed by atoms with van der Waals surface area (Å²) in [5.41, 5.74) is 1.55. The molecule has 6 heteroatoms. The van der Waals surface area contributed by atoms with Crippen LogP contribution in [0.4, 0.5) is 0 Å². The summed E-state index contributed by atoms with van der Waals surface area (Å²) in [7, 11) is -0.740. The molecule has 0 N–H and O–H groups in total. The Labute approximate surface area is 245 Å². The van der Waals surface area contributed by atoms with Gasteiger partial charge < -0.3 is 14.2 Å². The lowest BCUT2D eigenvalue weighted by Crippen LogP contribution is -2.58. The zero-order chi connectivity index (χ0) is 28.6. The maximum absolute atomic E-state index is 12.8. The Bertz CT molecular complexity index is 1330. The number of esters is 2. The lowest BCUT2D eigenvalue weighted by Gasteiger charge is -2.59. The maximum Gasteiger partial charge on any atom is 0.344 e. The fraction of sp³-hybridized carbons (Fsp3) is 0.429. The monoisotopic (exact) mass is 572 g/mol. The Kier molecular flexibility index (Phi) is 7.86. The summed E-state index contributed by atoms with van der Waals surface area (Å²) < 4.78 is 17.3. The first-order valence-corrected chi connectivity index (χ1v) is 16.2. The number of ether oxygens (including phenoxy) is 3. The molecule has 41 heavy (non-hydrogen) atoms. The van der Waals surface area contributed by atoms with E-state index in [-0.39, 0.29) is 18.8 Å². The van der Waals surface area contributed by atoms with Crippen molar-refractivity contribution in [3.63, 3.8) is 0 Å². The molecule has 3 unspecified atom stereocenters. The lowest BCUT2D eigenvalue weighted by atomic mass is 9.50. The van der Waals surface area contributed by atoms with E-state index in [1.54, 1.807) is 0 Å². The topological polar surface area (TPSA) is 61.8 Å². The van der Waals surface area contributed by atoms with Gasteiger partial charge in [-0.3, -0.25) is 0 Å². The van der Waals surface area contributed by atoms with Crippen molar-refractivity contribution >= 4 is 22.8 Å². The molecule has 0 saturated heterocycles. The molecule has 0 radical (unpaired) electrons. The van der Waals surface area contributed by atoms with Crippen LogP contribution in [0.2, 0.25) is 0 Å². The predicted octanol–water partition coefficient (Wildman–Crippen LogP) is 7.46. The smallest absolute Gasteiger partial charge is 0.344 e. The van der Waals surface area contributed by atoms with Crippen LogP contribution in [-0.2, 0) is 19.1 Å². The molecule has 4 fully saturated rings. The molecule has 7 rings (SSSR count). The van der Waals surface area contributed by atoms with Gasteiger partial charge in [0.25, 0.3) is 0 Å². The van der Waals surface area contributed by atoms with Gasteiger partial charge in [0.1, 0.15) is 11.4 Å². The fourth-order valence-corrected chi connectivity index (χ4v) is 10.3. The van der Waals surface area contributed by atoms with Gasteiger partial charge in [0.2, 0.25) is 0 Å². The number of benzene rings is 3. The predicted molar refractivity (Wildman–Crippen MR) is 161 cm³/mol. The summed E-state index contributed by atoms with van der Waals surface area (Å²) in [4.78, 5) is 29.1. The third kappa shape index (κ3) is 5.76. The van der Waals surface area contributed by atoms with E-state index >= 15 is 0 Å². The Balaban J connectivity index is 1.07. The highest BCUT2D eigenvalue weighted by atomic mass is 32.2. The van der Waals surface area contributed by atoms with E-state index in [2.05, 4.69) is 67.6 Å². The molecule has 0 aromatic heterocycles. The summed E-state index contributed by atoms with van der Waals surface area (Å²) in [6, 6.07) is 25.4. The summed E-state index contributed by atoms with van der Waals surface area (Å²) in [5.74, 6) is 2.02. The second kappa shape index (κ2) is 11.6. The van der Waals surface area contributed by atoms with Crippen molar-refractivity contribution in [2.75, 3.05) is 13.2 Å². The van der Waals surface area contributed by atoms with Crippen molar-refractivity contribution in [2.45, 2.75) is 73.2 Å². The highest BCUT2D eigenvalue weighted by molar-refractivity contribution is 8.17. The average Bonchev–Trinajstić information content (AvgIpc) is 2.95. The number of aryl methyl sites for hydroxylation is 2. The van der Waals surface area contributed by atoms with Crippen LogP contribution in [0, 0.1) is 37.5 Å². The number of hydrogen-bond acceptors (Lipinski definition) is 5. The van der Waals surface area contributed by atoms with Crippen LogP contribution in [0.15, 0.2) is 87.5 Å². The van der Waals surface area contributed by atoms with E-state index in [9.17, 15) is 9.59 Å². The van der Waals surface area contributed by atoms with Gasteiger partial charge in [-0.15, -0.1) is 0 Å². The van der Waals surface area contributed by atoms with Gasteiger partial charge >= 0.3 is 11.9 Å². The van der Waals surface area contributed by atoms with E-state index in [0.717, 1.165) is 24.0 Å². The van der Waals surface area contributed by atoms with Crippen molar-refractivity contribution in [1.82, 2.24) is 0 Å². The van der Waals surface area contributed by atoms with Crippen molar-refractivity contribution < 1.29 is 23.8 Å². The van der Waals surface area contributed by atoms with Crippen molar-refractivity contribution in [3.8, 4) is 5.75 Å². The summed E-state index contributed by atoms with van der Waals surface area (Å²) in [6.07, 6.45) is 5.71. The molecular weight excluding hydrogens is 532 g/mol. The van der Waals surface area contributed by atoms with Crippen LogP contribution in [0.1, 0.15) is 50.2 Å². The number of rotatable bonds is 9. The molecule has 4 bridgehead atoms. The number of thiol groups is 1. The molecule has 4 saturated carbocycles. The van der Waals surface area contributed by atoms with E-state index in [0.29, 0.717) is 29.4 Å².